The highest BCUT2D eigenvalue weighted by Gasteiger charge is 2.10. The third-order valence-corrected chi connectivity index (χ3v) is 3.12. The van der Waals surface area contributed by atoms with Gasteiger partial charge in [0.2, 0.25) is 0 Å². The number of benzene rings is 1. The molecule has 6 heteroatoms. The van der Waals surface area contributed by atoms with E-state index in [1.165, 1.54) is 0 Å². The van der Waals surface area contributed by atoms with Crippen LogP contribution in [-0.4, -0.2) is 16.8 Å². The first-order valence-corrected chi connectivity index (χ1v) is 5.69. The normalized spacial score (nSPS) is 12.0. The summed E-state index contributed by atoms with van der Waals surface area (Å²) in [7, 11) is 0. The first-order valence-electron chi connectivity index (χ1n) is 4.10. The largest absolute Gasteiger partial charge is 0.506 e. The summed E-state index contributed by atoms with van der Waals surface area (Å²) >= 11 is 6.44. The predicted octanol–water partition coefficient (Wildman–Crippen LogP) is 2.72. The summed E-state index contributed by atoms with van der Waals surface area (Å²) in [4.78, 5) is 0. The lowest BCUT2D eigenvalue weighted by Gasteiger charge is -2.12. The lowest BCUT2D eigenvalue weighted by molar-refractivity contribution is 0.276. The van der Waals surface area contributed by atoms with Crippen LogP contribution in [0.4, 0.5) is 0 Å². The SMILES string of the molecule is Cl.N[C@@H](CCO)c1cc(Br)c(O)c(Br)c1. The average molecular weight is 361 g/mol. The number of hydrogen-bond donors (Lipinski definition) is 3. The minimum atomic E-state index is -0.215. The third kappa shape index (κ3) is 3.92. The maximum absolute atomic E-state index is 9.46. The third-order valence-electron chi connectivity index (χ3n) is 1.91. The Kier molecular flexibility index (Phi) is 6.79. The Labute approximate surface area is 111 Å². The van der Waals surface area contributed by atoms with Crippen LogP contribution in [0.25, 0.3) is 0 Å². The fourth-order valence-corrected chi connectivity index (χ4v) is 2.33. The van der Waals surface area contributed by atoms with Crippen molar-refractivity contribution in [2.75, 3.05) is 6.61 Å². The molecule has 0 saturated heterocycles. The highest BCUT2D eigenvalue weighted by Crippen LogP contribution is 2.35. The van der Waals surface area contributed by atoms with Gasteiger partial charge in [0.1, 0.15) is 5.75 Å². The van der Waals surface area contributed by atoms with Crippen LogP contribution in [0.1, 0.15) is 18.0 Å². The quantitative estimate of drug-likeness (QED) is 0.776. The monoisotopic (exact) mass is 359 g/mol. The maximum atomic E-state index is 9.46. The average Bonchev–Trinajstić information content (AvgIpc) is 2.13. The van der Waals surface area contributed by atoms with E-state index in [9.17, 15) is 5.11 Å². The van der Waals surface area contributed by atoms with Gasteiger partial charge in [-0.25, -0.2) is 0 Å². The van der Waals surface area contributed by atoms with E-state index in [0.29, 0.717) is 15.4 Å². The van der Waals surface area contributed by atoms with Gasteiger partial charge in [0.15, 0.2) is 0 Å². The van der Waals surface area contributed by atoms with Crippen molar-refractivity contribution < 1.29 is 10.2 Å². The van der Waals surface area contributed by atoms with Crippen molar-refractivity contribution in [3.63, 3.8) is 0 Å². The van der Waals surface area contributed by atoms with Crippen molar-refractivity contribution in [2.24, 2.45) is 5.73 Å². The van der Waals surface area contributed by atoms with Gasteiger partial charge >= 0.3 is 0 Å². The van der Waals surface area contributed by atoms with Gasteiger partial charge in [-0.3, -0.25) is 0 Å². The Bertz CT molecular complexity index is 313. The summed E-state index contributed by atoms with van der Waals surface area (Å²) in [5, 5.41) is 18.2. The summed E-state index contributed by atoms with van der Waals surface area (Å²) in [6.07, 6.45) is 0.504. The molecular formula is C9H12Br2ClNO2. The van der Waals surface area contributed by atoms with E-state index < -0.39 is 0 Å². The molecule has 1 rings (SSSR count). The van der Waals surface area contributed by atoms with Gasteiger partial charge in [-0.05, 0) is 56.0 Å². The summed E-state index contributed by atoms with van der Waals surface area (Å²) in [6.45, 7) is 0.0529. The van der Waals surface area contributed by atoms with E-state index >= 15 is 0 Å². The molecule has 0 bridgehead atoms. The van der Waals surface area contributed by atoms with Gasteiger partial charge < -0.3 is 15.9 Å². The molecule has 1 aromatic rings. The van der Waals surface area contributed by atoms with Gasteiger partial charge in [-0.1, -0.05) is 0 Å². The molecule has 0 aliphatic heterocycles. The minimum absolute atomic E-state index is 0. The summed E-state index contributed by atoms with van der Waals surface area (Å²) in [5.74, 6) is 0.157. The summed E-state index contributed by atoms with van der Waals surface area (Å²) in [5.41, 5.74) is 6.68. The molecule has 0 spiro atoms. The highest BCUT2D eigenvalue weighted by molar-refractivity contribution is 9.11. The van der Waals surface area contributed by atoms with Crippen LogP contribution in [0, 0.1) is 0 Å². The highest BCUT2D eigenvalue weighted by atomic mass is 79.9. The van der Waals surface area contributed by atoms with Crippen LogP contribution >= 0.6 is 44.3 Å². The predicted molar refractivity (Wildman–Crippen MR) is 69.4 cm³/mol. The van der Waals surface area contributed by atoms with Crippen molar-refractivity contribution in [3.05, 3.63) is 26.6 Å². The lowest BCUT2D eigenvalue weighted by atomic mass is 10.1. The topological polar surface area (TPSA) is 66.5 Å². The lowest BCUT2D eigenvalue weighted by Crippen LogP contribution is -2.11. The van der Waals surface area contributed by atoms with Crippen molar-refractivity contribution >= 4 is 44.3 Å². The number of phenols is 1. The van der Waals surface area contributed by atoms with E-state index in [0.717, 1.165) is 5.56 Å². The number of hydrogen-bond acceptors (Lipinski definition) is 3. The van der Waals surface area contributed by atoms with Crippen LogP contribution < -0.4 is 5.73 Å². The number of phenolic OH excluding ortho intramolecular Hbond substituents is 1. The molecule has 3 nitrogen and oxygen atoms in total. The Balaban J connectivity index is 0.00000196. The summed E-state index contributed by atoms with van der Waals surface area (Å²) < 4.78 is 1.19. The Morgan fingerprint density at radius 2 is 1.73 bits per heavy atom. The van der Waals surface area contributed by atoms with Crippen LogP contribution in [0.5, 0.6) is 5.75 Å². The van der Waals surface area contributed by atoms with Crippen molar-refractivity contribution in [1.29, 1.82) is 0 Å². The fourth-order valence-electron chi connectivity index (χ4n) is 1.10. The zero-order valence-electron chi connectivity index (χ0n) is 7.78. The van der Waals surface area contributed by atoms with Gasteiger partial charge in [-0.2, -0.15) is 0 Å². The first kappa shape index (κ1) is 15.2. The number of aromatic hydroxyl groups is 1. The molecule has 1 aromatic carbocycles. The second kappa shape index (κ2) is 6.70. The number of halogens is 3. The van der Waals surface area contributed by atoms with Gasteiger partial charge in [0, 0.05) is 12.6 Å². The molecule has 0 heterocycles. The number of nitrogens with two attached hydrogens (primary N) is 1. The van der Waals surface area contributed by atoms with E-state index in [4.69, 9.17) is 10.8 Å². The molecule has 0 aliphatic carbocycles. The van der Waals surface area contributed by atoms with Crippen molar-refractivity contribution in [2.45, 2.75) is 12.5 Å². The van der Waals surface area contributed by atoms with E-state index in [-0.39, 0.29) is 30.8 Å². The second-order valence-corrected chi connectivity index (χ2v) is 4.66. The molecule has 4 N–H and O–H groups in total. The van der Waals surface area contributed by atoms with E-state index in [1.807, 2.05) is 0 Å². The van der Waals surface area contributed by atoms with Crippen LogP contribution in [0.2, 0.25) is 0 Å². The Morgan fingerprint density at radius 1 is 1.27 bits per heavy atom. The van der Waals surface area contributed by atoms with E-state index in [1.54, 1.807) is 12.1 Å². The molecule has 0 aliphatic rings. The van der Waals surface area contributed by atoms with Crippen LogP contribution in [-0.2, 0) is 0 Å². The van der Waals surface area contributed by atoms with Crippen molar-refractivity contribution in [1.82, 2.24) is 0 Å². The van der Waals surface area contributed by atoms with Gasteiger partial charge in [0.05, 0.1) is 8.95 Å². The molecule has 1 atom stereocenters. The number of aliphatic hydroxyl groups excluding tert-OH is 1. The van der Waals surface area contributed by atoms with Crippen LogP contribution in [0.3, 0.4) is 0 Å². The van der Waals surface area contributed by atoms with Crippen LogP contribution in [0.15, 0.2) is 21.1 Å². The molecule has 15 heavy (non-hydrogen) atoms. The minimum Gasteiger partial charge on any atom is -0.506 e. The fraction of sp³-hybridized carbons (Fsp3) is 0.333. The molecule has 0 saturated carbocycles. The molecule has 0 radical (unpaired) electrons. The summed E-state index contributed by atoms with van der Waals surface area (Å²) in [6, 6.07) is 3.29. The zero-order chi connectivity index (χ0) is 10.7. The second-order valence-electron chi connectivity index (χ2n) is 2.95. The first-order chi connectivity index (χ1) is 6.56. The maximum Gasteiger partial charge on any atom is 0.143 e. The number of aliphatic hydroxyl groups is 1. The molecule has 0 amide bonds. The molecule has 0 unspecified atom stereocenters. The smallest absolute Gasteiger partial charge is 0.143 e. The zero-order valence-corrected chi connectivity index (χ0v) is 11.8. The standard InChI is InChI=1S/C9H11Br2NO2.ClH/c10-6-3-5(8(12)1-2-13)4-7(11)9(6)14;/h3-4,8,13-14H,1-2,12H2;1H/t8-;/m0./s1. The molecule has 0 fully saturated rings. The van der Waals surface area contributed by atoms with Crippen molar-refractivity contribution in [3.8, 4) is 5.75 Å². The number of rotatable bonds is 3. The van der Waals surface area contributed by atoms with Gasteiger partial charge in [0.25, 0.3) is 0 Å². The Morgan fingerprint density at radius 3 is 2.13 bits per heavy atom. The van der Waals surface area contributed by atoms with Gasteiger partial charge in [-0.15, -0.1) is 12.4 Å². The molecule has 0 aromatic heterocycles. The molecular weight excluding hydrogens is 349 g/mol. The van der Waals surface area contributed by atoms with E-state index in [2.05, 4.69) is 31.9 Å². The Hall–Kier alpha value is 0.190. The molecule has 86 valence electrons.